The first-order chi connectivity index (χ1) is 11.6. The fourth-order valence-electron chi connectivity index (χ4n) is 3.02. The molecular formula is C17H25N3O3S. The molecule has 1 aromatic carbocycles. The largest absolute Gasteiger partial charge is 0.338 e. The second-order valence-electron chi connectivity index (χ2n) is 6.64. The summed E-state index contributed by atoms with van der Waals surface area (Å²) >= 11 is 0. The summed E-state index contributed by atoms with van der Waals surface area (Å²) in [5.41, 5.74) is 1.06. The van der Waals surface area contributed by atoms with E-state index in [4.69, 9.17) is 0 Å². The summed E-state index contributed by atoms with van der Waals surface area (Å²) < 4.78 is 26.0. The van der Waals surface area contributed by atoms with Gasteiger partial charge >= 0.3 is 6.03 Å². The molecule has 0 atom stereocenters. The maximum absolute atomic E-state index is 12.2. The van der Waals surface area contributed by atoms with Gasteiger partial charge in [-0.1, -0.05) is 30.3 Å². The maximum atomic E-state index is 12.2. The van der Waals surface area contributed by atoms with E-state index in [0.717, 1.165) is 31.2 Å². The third kappa shape index (κ3) is 4.48. The molecule has 0 bridgehead atoms. The van der Waals surface area contributed by atoms with Crippen LogP contribution in [0.15, 0.2) is 30.3 Å². The summed E-state index contributed by atoms with van der Waals surface area (Å²) in [6.45, 7) is 2.26. The van der Waals surface area contributed by atoms with E-state index in [1.54, 1.807) is 4.31 Å². The van der Waals surface area contributed by atoms with Crippen molar-refractivity contribution < 1.29 is 13.2 Å². The van der Waals surface area contributed by atoms with E-state index in [-0.39, 0.29) is 11.3 Å². The first kappa shape index (κ1) is 17.2. The van der Waals surface area contributed by atoms with Crippen LogP contribution in [0.2, 0.25) is 0 Å². The lowest BCUT2D eigenvalue weighted by molar-refractivity contribution is 0.230. The number of carbonyl (C=O) groups excluding carboxylic acids is 1. The molecule has 2 amide bonds. The molecule has 24 heavy (non-hydrogen) atoms. The fraction of sp³-hybridized carbons (Fsp3) is 0.588. The predicted octanol–water partition coefficient (Wildman–Crippen LogP) is 1.69. The summed E-state index contributed by atoms with van der Waals surface area (Å²) in [7, 11) is -3.05. The van der Waals surface area contributed by atoms with Crippen LogP contribution in [0, 0.1) is 5.92 Å². The Morgan fingerprint density at radius 3 is 2.33 bits per heavy atom. The van der Waals surface area contributed by atoms with Crippen molar-refractivity contribution in [3.8, 4) is 0 Å². The summed E-state index contributed by atoms with van der Waals surface area (Å²) in [4.78, 5) is 11.9. The number of rotatable bonds is 6. The zero-order valence-electron chi connectivity index (χ0n) is 13.8. The number of hydrogen-bond donors (Lipinski definition) is 2. The monoisotopic (exact) mass is 351 g/mol. The minimum Gasteiger partial charge on any atom is -0.338 e. The van der Waals surface area contributed by atoms with E-state index in [2.05, 4.69) is 10.6 Å². The van der Waals surface area contributed by atoms with E-state index < -0.39 is 10.0 Å². The van der Waals surface area contributed by atoms with E-state index in [1.165, 1.54) is 0 Å². The van der Waals surface area contributed by atoms with Crippen LogP contribution in [0.4, 0.5) is 4.79 Å². The van der Waals surface area contributed by atoms with Crippen LogP contribution >= 0.6 is 0 Å². The average molecular weight is 351 g/mol. The minimum absolute atomic E-state index is 0.129. The summed E-state index contributed by atoms with van der Waals surface area (Å²) in [6, 6.07) is 9.59. The first-order valence-electron chi connectivity index (χ1n) is 8.60. The molecule has 1 heterocycles. The molecule has 2 fully saturated rings. The van der Waals surface area contributed by atoms with Gasteiger partial charge in [-0.25, -0.2) is 17.5 Å². The Morgan fingerprint density at radius 2 is 1.71 bits per heavy atom. The van der Waals surface area contributed by atoms with Crippen LogP contribution in [-0.2, 0) is 16.6 Å². The lowest BCUT2D eigenvalue weighted by atomic mass is 9.98. The zero-order valence-corrected chi connectivity index (χ0v) is 14.6. The van der Waals surface area contributed by atoms with Gasteiger partial charge in [0.05, 0.1) is 5.25 Å². The van der Waals surface area contributed by atoms with Gasteiger partial charge < -0.3 is 10.6 Å². The standard InChI is InChI=1S/C17H25N3O3S/c21-17(18-12-14-4-2-1-3-5-14)19-13-15-8-10-20(11-9-15)24(22,23)16-6-7-16/h1-5,15-16H,6-13H2,(H2,18,19,21). The van der Waals surface area contributed by atoms with Gasteiger partial charge in [0, 0.05) is 26.2 Å². The lowest BCUT2D eigenvalue weighted by Gasteiger charge is -2.31. The molecule has 0 unspecified atom stereocenters. The van der Waals surface area contributed by atoms with Crippen molar-refractivity contribution in [3.05, 3.63) is 35.9 Å². The van der Waals surface area contributed by atoms with Crippen LogP contribution in [0.25, 0.3) is 0 Å². The maximum Gasteiger partial charge on any atom is 0.315 e. The first-order valence-corrected chi connectivity index (χ1v) is 10.1. The smallest absolute Gasteiger partial charge is 0.315 e. The van der Waals surface area contributed by atoms with Crippen LogP contribution in [0.1, 0.15) is 31.2 Å². The molecule has 1 aromatic rings. The highest BCUT2D eigenvalue weighted by molar-refractivity contribution is 7.90. The van der Waals surface area contributed by atoms with Crippen molar-refractivity contribution in [2.75, 3.05) is 19.6 Å². The van der Waals surface area contributed by atoms with Crippen LogP contribution in [-0.4, -0.2) is 43.6 Å². The number of piperidine rings is 1. The zero-order chi connectivity index (χ0) is 17.0. The van der Waals surface area contributed by atoms with Crippen LogP contribution in [0.5, 0.6) is 0 Å². The van der Waals surface area contributed by atoms with E-state index in [1.807, 2.05) is 30.3 Å². The molecular weight excluding hydrogens is 326 g/mol. The Balaban J connectivity index is 1.35. The number of carbonyl (C=O) groups is 1. The quantitative estimate of drug-likeness (QED) is 0.819. The SMILES string of the molecule is O=C(NCc1ccccc1)NCC1CCN(S(=O)(=O)C2CC2)CC1. The topological polar surface area (TPSA) is 78.5 Å². The summed E-state index contributed by atoms with van der Waals surface area (Å²) in [6.07, 6.45) is 3.24. The molecule has 1 saturated carbocycles. The summed E-state index contributed by atoms with van der Waals surface area (Å²) in [5.74, 6) is 0.345. The Hall–Kier alpha value is -1.60. The Bertz CT molecular complexity index is 651. The van der Waals surface area contributed by atoms with Crippen molar-refractivity contribution in [1.82, 2.24) is 14.9 Å². The molecule has 132 valence electrons. The Kier molecular flexibility index (Phi) is 5.40. The minimum atomic E-state index is -3.05. The number of hydrogen-bond acceptors (Lipinski definition) is 3. The van der Waals surface area contributed by atoms with Gasteiger partial charge in [-0.3, -0.25) is 0 Å². The lowest BCUT2D eigenvalue weighted by Crippen LogP contribution is -2.44. The molecule has 1 aliphatic heterocycles. The van der Waals surface area contributed by atoms with Gasteiger partial charge in [0.2, 0.25) is 10.0 Å². The highest BCUT2D eigenvalue weighted by Gasteiger charge is 2.41. The van der Waals surface area contributed by atoms with Crippen LogP contribution in [0.3, 0.4) is 0 Å². The van der Waals surface area contributed by atoms with Crippen molar-refractivity contribution >= 4 is 16.1 Å². The third-order valence-corrected chi connectivity index (χ3v) is 7.12. The van der Waals surface area contributed by atoms with Gasteiger partial charge in [0.15, 0.2) is 0 Å². The highest BCUT2D eigenvalue weighted by Crippen LogP contribution is 2.32. The molecule has 0 aromatic heterocycles. The second kappa shape index (κ2) is 7.53. The van der Waals surface area contributed by atoms with Crippen LogP contribution < -0.4 is 10.6 Å². The number of nitrogens with zero attached hydrogens (tertiary/aromatic N) is 1. The number of urea groups is 1. The van der Waals surface area contributed by atoms with Gasteiger partial charge in [-0.05, 0) is 37.2 Å². The summed E-state index contributed by atoms with van der Waals surface area (Å²) in [5, 5.41) is 5.60. The molecule has 1 saturated heterocycles. The van der Waals surface area contributed by atoms with Crippen molar-refractivity contribution in [1.29, 1.82) is 0 Å². The van der Waals surface area contributed by atoms with Crippen molar-refractivity contribution in [3.63, 3.8) is 0 Å². The Morgan fingerprint density at radius 1 is 1.04 bits per heavy atom. The molecule has 3 rings (SSSR count). The molecule has 0 radical (unpaired) electrons. The van der Waals surface area contributed by atoms with Crippen molar-refractivity contribution in [2.45, 2.75) is 37.5 Å². The highest BCUT2D eigenvalue weighted by atomic mass is 32.2. The number of nitrogens with one attached hydrogen (secondary N) is 2. The molecule has 6 nitrogen and oxygen atoms in total. The molecule has 0 spiro atoms. The number of benzene rings is 1. The van der Waals surface area contributed by atoms with Gasteiger partial charge in [0.1, 0.15) is 0 Å². The van der Waals surface area contributed by atoms with E-state index in [0.29, 0.717) is 32.1 Å². The van der Waals surface area contributed by atoms with Gasteiger partial charge in [0.25, 0.3) is 0 Å². The second-order valence-corrected chi connectivity index (χ2v) is 8.85. The van der Waals surface area contributed by atoms with Gasteiger partial charge in [-0.2, -0.15) is 0 Å². The molecule has 7 heteroatoms. The number of sulfonamides is 1. The predicted molar refractivity (Wildman–Crippen MR) is 92.9 cm³/mol. The van der Waals surface area contributed by atoms with E-state index in [9.17, 15) is 13.2 Å². The van der Waals surface area contributed by atoms with Crippen molar-refractivity contribution in [2.24, 2.45) is 5.92 Å². The van der Waals surface area contributed by atoms with Gasteiger partial charge in [-0.15, -0.1) is 0 Å². The number of amides is 2. The molecule has 1 aliphatic carbocycles. The Labute approximate surface area is 143 Å². The third-order valence-electron chi connectivity index (χ3n) is 4.73. The molecule has 2 N–H and O–H groups in total. The average Bonchev–Trinajstić information content (AvgIpc) is 3.45. The van der Waals surface area contributed by atoms with E-state index >= 15 is 0 Å². The molecule has 2 aliphatic rings. The fourth-order valence-corrected chi connectivity index (χ4v) is 4.90. The normalized spacial score (nSPS) is 19.8.